The van der Waals surface area contributed by atoms with Crippen LogP contribution < -0.4 is 16.1 Å². The molecule has 2 heterocycles. The van der Waals surface area contributed by atoms with Gasteiger partial charge in [-0.05, 0) is 58.0 Å². The zero-order valence-electron chi connectivity index (χ0n) is 20.6. The lowest BCUT2D eigenvalue weighted by Gasteiger charge is -2.32. The fourth-order valence-electron chi connectivity index (χ4n) is 3.70. The van der Waals surface area contributed by atoms with Crippen LogP contribution in [0.1, 0.15) is 51.9 Å². The summed E-state index contributed by atoms with van der Waals surface area (Å²) in [5.41, 5.74) is 2.05. The van der Waals surface area contributed by atoms with Gasteiger partial charge < -0.3 is 24.4 Å². The van der Waals surface area contributed by atoms with E-state index < -0.39 is 18.3 Å². The number of anilines is 1. The van der Waals surface area contributed by atoms with Crippen LogP contribution in [0.25, 0.3) is 22.3 Å². The molecule has 1 aromatic heterocycles. The molecule has 0 atom stereocenters. The van der Waals surface area contributed by atoms with Crippen LogP contribution in [0.5, 0.6) is 0 Å². The van der Waals surface area contributed by atoms with Gasteiger partial charge in [-0.25, -0.2) is 4.39 Å². The van der Waals surface area contributed by atoms with E-state index in [4.69, 9.17) is 13.7 Å². The number of fused-ring (bicyclic) bond motifs is 1. The smallest absolute Gasteiger partial charge is 0.455 e. The maximum Gasteiger partial charge on any atom is 0.496 e. The molecule has 1 aliphatic heterocycles. The second-order valence-electron chi connectivity index (χ2n) is 8.67. The third kappa shape index (κ3) is 4.37. The summed E-state index contributed by atoms with van der Waals surface area (Å²) in [5.74, 6) is -0.278. The highest BCUT2D eigenvalue weighted by Crippen LogP contribution is 2.39. The molecule has 3 aromatic rings. The third-order valence-corrected chi connectivity index (χ3v) is 6.20. The van der Waals surface area contributed by atoms with Gasteiger partial charge in [0.05, 0.1) is 16.8 Å². The van der Waals surface area contributed by atoms with E-state index >= 15 is 0 Å². The summed E-state index contributed by atoms with van der Waals surface area (Å²) in [6, 6.07) is 9.55. The molecule has 8 heteroatoms. The quantitative estimate of drug-likeness (QED) is 0.545. The molecule has 1 amide bonds. The Morgan fingerprint density at radius 1 is 0.970 bits per heavy atom. The van der Waals surface area contributed by atoms with Gasteiger partial charge >= 0.3 is 7.12 Å². The monoisotopic (exact) mass is 454 g/mol. The van der Waals surface area contributed by atoms with E-state index in [1.54, 1.807) is 26.2 Å². The van der Waals surface area contributed by atoms with Crippen LogP contribution in [-0.2, 0) is 9.31 Å². The lowest BCUT2D eigenvalue weighted by Crippen LogP contribution is -2.41. The number of amides is 1. The Labute approximate surface area is 195 Å². The number of nitrogens with one attached hydrogen (secondary N) is 2. The van der Waals surface area contributed by atoms with Gasteiger partial charge in [0.15, 0.2) is 0 Å². The van der Waals surface area contributed by atoms with E-state index in [-0.39, 0.29) is 11.7 Å². The number of carbonyl (C=O) groups excluding carboxylic acids is 1. The van der Waals surface area contributed by atoms with Crippen molar-refractivity contribution in [2.75, 3.05) is 19.4 Å². The predicted molar refractivity (Wildman–Crippen MR) is 132 cm³/mol. The van der Waals surface area contributed by atoms with Crippen molar-refractivity contribution >= 4 is 35.1 Å². The normalized spacial score (nSPS) is 16.3. The molecule has 0 spiro atoms. The molecule has 0 radical (unpaired) electrons. The Balaban J connectivity index is 0.00000149. The van der Waals surface area contributed by atoms with Crippen molar-refractivity contribution in [2.45, 2.75) is 52.7 Å². The van der Waals surface area contributed by atoms with E-state index in [1.807, 2.05) is 53.7 Å². The van der Waals surface area contributed by atoms with Gasteiger partial charge in [-0.15, -0.1) is 0 Å². The van der Waals surface area contributed by atoms with Crippen LogP contribution in [-0.4, -0.2) is 38.3 Å². The Bertz CT molecular complexity index is 1140. The average Bonchev–Trinajstić information content (AvgIpc) is 3.26. The largest absolute Gasteiger partial charge is 0.496 e. The number of benzene rings is 2. The van der Waals surface area contributed by atoms with Gasteiger partial charge in [-0.1, -0.05) is 13.8 Å². The lowest BCUT2D eigenvalue weighted by molar-refractivity contribution is 0.00578. The van der Waals surface area contributed by atoms with Crippen LogP contribution in [0, 0.1) is 5.82 Å². The highest BCUT2D eigenvalue weighted by atomic mass is 19.1. The van der Waals surface area contributed by atoms with Crippen LogP contribution in [0.4, 0.5) is 10.1 Å². The Kier molecular flexibility index (Phi) is 6.91. The standard InChI is InChI=1S/C23H26BFN2O4.C2H6/c1-22(2)23(3,4)31-24(30-22)16-11-15-18(12-17(16)26-5)29-20(19(15)21(28)27-6)13-7-9-14(25)10-8-13;1-2/h7-12,26H,1-6H3,(H,27,28);1-2H3. The van der Waals surface area contributed by atoms with Gasteiger partial charge in [-0.2, -0.15) is 0 Å². The topological polar surface area (TPSA) is 72.7 Å². The Morgan fingerprint density at radius 2 is 1.55 bits per heavy atom. The summed E-state index contributed by atoms with van der Waals surface area (Å²) in [4.78, 5) is 12.8. The summed E-state index contributed by atoms with van der Waals surface area (Å²) in [5, 5.41) is 6.47. The first-order valence-electron chi connectivity index (χ1n) is 11.2. The molecule has 0 saturated carbocycles. The van der Waals surface area contributed by atoms with Crippen LogP contribution in [0.15, 0.2) is 40.8 Å². The highest BCUT2D eigenvalue weighted by molar-refractivity contribution is 6.64. The van der Waals surface area contributed by atoms with Crippen LogP contribution in [0.2, 0.25) is 0 Å². The zero-order valence-corrected chi connectivity index (χ0v) is 20.6. The molecule has 1 fully saturated rings. The van der Waals surface area contributed by atoms with Gasteiger partial charge in [0.2, 0.25) is 0 Å². The minimum absolute atomic E-state index is 0.296. The first-order chi connectivity index (χ1) is 15.6. The number of halogens is 1. The Morgan fingerprint density at radius 3 is 2.06 bits per heavy atom. The van der Waals surface area contributed by atoms with E-state index in [0.717, 1.165) is 11.2 Å². The van der Waals surface area contributed by atoms with E-state index in [9.17, 15) is 9.18 Å². The second kappa shape index (κ2) is 9.19. The van der Waals surface area contributed by atoms with Gasteiger partial charge in [0, 0.05) is 42.3 Å². The average molecular weight is 454 g/mol. The molecule has 4 rings (SSSR count). The molecular formula is C25H32BFN2O4. The molecule has 1 aliphatic rings. The van der Waals surface area contributed by atoms with Crippen molar-refractivity contribution < 1.29 is 22.9 Å². The maximum absolute atomic E-state index is 13.4. The fourth-order valence-corrected chi connectivity index (χ4v) is 3.70. The van der Waals surface area contributed by atoms with Crippen molar-refractivity contribution in [1.29, 1.82) is 0 Å². The number of carbonyl (C=O) groups is 1. The molecule has 33 heavy (non-hydrogen) atoms. The van der Waals surface area contributed by atoms with Crippen LogP contribution >= 0.6 is 0 Å². The minimum Gasteiger partial charge on any atom is -0.455 e. The molecule has 0 bridgehead atoms. The molecule has 6 nitrogen and oxygen atoms in total. The number of furan rings is 1. The van der Waals surface area contributed by atoms with Gasteiger partial charge in [0.1, 0.15) is 17.2 Å². The van der Waals surface area contributed by atoms with Gasteiger partial charge in [0.25, 0.3) is 5.91 Å². The zero-order chi connectivity index (χ0) is 24.6. The lowest BCUT2D eigenvalue weighted by atomic mass is 9.77. The predicted octanol–water partition coefficient (Wildman–Crippen LogP) is 4.97. The SMILES string of the molecule is CC.CNC(=O)c1c(-c2ccc(F)cc2)oc2cc(NC)c(B3OC(C)(C)C(C)(C)O3)cc12. The van der Waals surface area contributed by atoms with Crippen molar-refractivity contribution in [2.24, 2.45) is 0 Å². The van der Waals surface area contributed by atoms with E-state index in [2.05, 4.69) is 10.6 Å². The Hall–Kier alpha value is -2.84. The highest BCUT2D eigenvalue weighted by Gasteiger charge is 2.52. The maximum atomic E-state index is 13.4. The molecule has 2 aromatic carbocycles. The summed E-state index contributed by atoms with van der Waals surface area (Å²) in [6.07, 6.45) is 0. The van der Waals surface area contributed by atoms with Gasteiger partial charge in [-0.3, -0.25) is 4.79 Å². The molecular weight excluding hydrogens is 422 g/mol. The first kappa shape index (κ1) is 24.8. The van der Waals surface area contributed by atoms with E-state index in [1.165, 1.54) is 12.1 Å². The van der Waals surface area contributed by atoms with Crippen molar-refractivity contribution in [1.82, 2.24) is 5.32 Å². The van der Waals surface area contributed by atoms with Crippen LogP contribution in [0.3, 0.4) is 0 Å². The fraction of sp³-hybridized carbons (Fsp3) is 0.400. The second-order valence-corrected chi connectivity index (χ2v) is 8.67. The summed E-state index contributed by atoms with van der Waals surface area (Å²) in [6.45, 7) is 12.0. The minimum atomic E-state index is -0.612. The van der Waals surface area contributed by atoms with Crippen molar-refractivity contribution in [3.8, 4) is 11.3 Å². The molecule has 1 saturated heterocycles. The number of hydrogen-bond donors (Lipinski definition) is 2. The molecule has 176 valence electrons. The summed E-state index contributed by atoms with van der Waals surface area (Å²) in [7, 11) is 2.75. The molecule has 2 N–H and O–H groups in total. The molecule has 0 aliphatic carbocycles. The van der Waals surface area contributed by atoms with Crippen molar-refractivity contribution in [3.63, 3.8) is 0 Å². The third-order valence-electron chi connectivity index (χ3n) is 6.20. The number of hydrogen-bond acceptors (Lipinski definition) is 5. The van der Waals surface area contributed by atoms with E-state index in [0.29, 0.717) is 27.9 Å². The summed E-state index contributed by atoms with van der Waals surface area (Å²) >= 11 is 0. The molecule has 0 unspecified atom stereocenters. The van der Waals surface area contributed by atoms with Crippen molar-refractivity contribution in [3.05, 3.63) is 47.8 Å². The summed E-state index contributed by atoms with van der Waals surface area (Å²) < 4.78 is 32.0. The number of rotatable bonds is 4. The first-order valence-corrected chi connectivity index (χ1v) is 11.2.